The predicted molar refractivity (Wildman–Crippen MR) is 143 cm³/mol. The summed E-state index contributed by atoms with van der Waals surface area (Å²) in [6.07, 6.45) is -0.306. The normalized spacial score (nSPS) is 13.9. The fourth-order valence-electron chi connectivity index (χ4n) is 3.92. The molecule has 2 aromatic carbocycles. The second kappa shape index (κ2) is 15.2. The molecule has 11 nitrogen and oxygen atoms in total. The number of nitrogens with one attached hydrogen (secondary N) is 3. The summed E-state index contributed by atoms with van der Waals surface area (Å²) in [7, 11) is 0. The van der Waals surface area contributed by atoms with Crippen molar-refractivity contribution in [3.63, 3.8) is 0 Å². The molecule has 7 N–H and O–H groups in total. The first-order valence-corrected chi connectivity index (χ1v) is 12.6. The van der Waals surface area contributed by atoms with Crippen LogP contribution in [0.1, 0.15) is 37.8 Å². The highest BCUT2D eigenvalue weighted by Gasteiger charge is 2.31. The van der Waals surface area contributed by atoms with Crippen molar-refractivity contribution in [2.45, 2.75) is 63.7 Å². The molecule has 0 saturated carbocycles. The van der Waals surface area contributed by atoms with Crippen molar-refractivity contribution in [2.75, 3.05) is 0 Å². The number of carbonyl (C=O) groups excluding carboxylic acids is 3. The Morgan fingerprint density at radius 1 is 0.692 bits per heavy atom. The summed E-state index contributed by atoms with van der Waals surface area (Å²) in [4.78, 5) is 61.9. The Hall–Kier alpha value is -4.25. The first-order chi connectivity index (χ1) is 18.5. The van der Waals surface area contributed by atoms with Crippen LogP contribution in [0, 0.1) is 5.92 Å². The van der Waals surface area contributed by atoms with Crippen LogP contribution in [0.2, 0.25) is 0 Å². The lowest BCUT2D eigenvalue weighted by atomic mass is 10.00. The summed E-state index contributed by atoms with van der Waals surface area (Å²) in [5.74, 6) is -4.71. The maximum atomic E-state index is 13.3. The molecule has 2 rings (SSSR count). The molecule has 0 bridgehead atoms. The molecule has 3 amide bonds. The van der Waals surface area contributed by atoms with E-state index in [0.717, 1.165) is 5.56 Å². The molecule has 39 heavy (non-hydrogen) atoms. The molecular weight excluding hydrogens is 504 g/mol. The molecule has 4 atom stereocenters. The average Bonchev–Trinajstić information content (AvgIpc) is 2.87. The lowest BCUT2D eigenvalue weighted by molar-refractivity contribution is -0.142. The topological polar surface area (TPSA) is 188 Å². The van der Waals surface area contributed by atoms with Gasteiger partial charge in [-0.1, -0.05) is 74.5 Å². The summed E-state index contributed by atoms with van der Waals surface area (Å²) in [6.45, 7) is 3.66. The van der Waals surface area contributed by atoms with E-state index in [-0.39, 0.29) is 25.2 Å². The fraction of sp³-hybridized carbons (Fsp3) is 0.393. The van der Waals surface area contributed by atoms with Crippen LogP contribution in [0.15, 0.2) is 60.7 Å². The molecule has 0 aliphatic rings. The van der Waals surface area contributed by atoms with Crippen LogP contribution in [0.3, 0.4) is 0 Å². The van der Waals surface area contributed by atoms with E-state index in [2.05, 4.69) is 16.0 Å². The standard InChI is InChI=1S/C28H36N4O7/c1-17(2)13-21(30-25(35)20(29)16-24(33)34)26(36)31-22(14-18-9-5-3-6-10-18)27(37)32-23(28(38)39)15-19-11-7-4-8-12-19/h3-12,17,20-23H,13-16,29H2,1-2H3,(H,30,35)(H,31,36)(H,32,37)(H,33,34)(H,38,39). The van der Waals surface area contributed by atoms with Crippen LogP contribution >= 0.6 is 0 Å². The van der Waals surface area contributed by atoms with E-state index >= 15 is 0 Å². The van der Waals surface area contributed by atoms with Gasteiger partial charge in [-0.3, -0.25) is 19.2 Å². The number of rotatable bonds is 15. The van der Waals surface area contributed by atoms with Crippen LogP contribution in [-0.4, -0.2) is 64.0 Å². The number of hydrogen-bond donors (Lipinski definition) is 6. The number of benzene rings is 2. The second-order valence-electron chi connectivity index (χ2n) is 9.74. The van der Waals surface area contributed by atoms with Gasteiger partial charge in [0.1, 0.15) is 18.1 Å². The fourth-order valence-corrected chi connectivity index (χ4v) is 3.92. The van der Waals surface area contributed by atoms with E-state index in [1.54, 1.807) is 60.7 Å². The van der Waals surface area contributed by atoms with Crippen molar-refractivity contribution in [3.8, 4) is 0 Å². The molecule has 0 radical (unpaired) electrons. The zero-order chi connectivity index (χ0) is 28.9. The van der Waals surface area contributed by atoms with Gasteiger partial charge in [-0.05, 0) is 23.5 Å². The summed E-state index contributed by atoms with van der Waals surface area (Å²) in [6, 6.07) is 12.8. The van der Waals surface area contributed by atoms with Gasteiger partial charge in [0.25, 0.3) is 0 Å². The lowest BCUT2D eigenvalue weighted by Gasteiger charge is -2.26. The number of carboxylic acid groups (broad SMARTS) is 2. The Morgan fingerprint density at radius 2 is 1.13 bits per heavy atom. The lowest BCUT2D eigenvalue weighted by Crippen LogP contribution is -2.58. The molecular formula is C28H36N4O7. The first kappa shape index (κ1) is 31.0. The zero-order valence-corrected chi connectivity index (χ0v) is 22.0. The molecule has 210 valence electrons. The van der Waals surface area contributed by atoms with E-state index < -0.39 is 60.2 Å². The SMILES string of the molecule is CC(C)CC(NC(=O)C(N)CC(=O)O)C(=O)NC(Cc1ccccc1)C(=O)NC(Cc1ccccc1)C(=O)O. The Bertz CT molecular complexity index is 1130. The number of aliphatic carboxylic acids is 2. The Kier molecular flexibility index (Phi) is 12.1. The van der Waals surface area contributed by atoms with Gasteiger partial charge < -0.3 is 31.9 Å². The molecule has 0 aliphatic heterocycles. The van der Waals surface area contributed by atoms with Gasteiger partial charge in [0, 0.05) is 12.8 Å². The predicted octanol–water partition coefficient (Wildman–Crippen LogP) is 0.859. The summed E-state index contributed by atoms with van der Waals surface area (Å²) >= 11 is 0. The molecule has 4 unspecified atom stereocenters. The third-order valence-electron chi connectivity index (χ3n) is 5.88. The molecule has 0 aliphatic carbocycles. The molecule has 0 saturated heterocycles. The largest absolute Gasteiger partial charge is 0.481 e. The van der Waals surface area contributed by atoms with Crippen molar-refractivity contribution in [1.82, 2.24) is 16.0 Å². The van der Waals surface area contributed by atoms with E-state index in [1.165, 1.54) is 0 Å². The minimum Gasteiger partial charge on any atom is -0.481 e. The Labute approximate surface area is 227 Å². The van der Waals surface area contributed by atoms with Crippen LogP contribution in [-0.2, 0) is 36.8 Å². The minimum atomic E-state index is -1.36. The van der Waals surface area contributed by atoms with Crippen LogP contribution < -0.4 is 21.7 Å². The highest BCUT2D eigenvalue weighted by molar-refractivity contribution is 5.94. The van der Waals surface area contributed by atoms with Crippen LogP contribution in [0.25, 0.3) is 0 Å². The summed E-state index contributed by atoms with van der Waals surface area (Å²) in [5.41, 5.74) is 7.09. The molecule has 0 aromatic heterocycles. The van der Waals surface area contributed by atoms with Crippen molar-refractivity contribution in [2.24, 2.45) is 11.7 Å². The smallest absolute Gasteiger partial charge is 0.326 e. The van der Waals surface area contributed by atoms with E-state index in [9.17, 15) is 29.1 Å². The number of hydrogen-bond acceptors (Lipinski definition) is 6. The first-order valence-electron chi connectivity index (χ1n) is 12.6. The highest BCUT2D eigenvalue weighted by Crippen LogP contribution is 2.10. The minimum absolute atomic E-state index is 0.0413. The molecule has 2 aromatic rings. The van der Waals surface area contributed by atoms with Gasteiger partial charge >= 0.3 is 11.9 Å². The molecule has 11 heteroatoms. The van der Waals surface area contributed by atoms with Gasteiger partial charge in [-0.25, -0.2) is 4.79 Å². The molecule has 0 fully saturated rings. The quantitative estimate of drug-likeness (QED) is 0.192. The van der Waals surface area contributed by atoms with Crippen molar-refractivity contribution in [1.29, 1.82) is 0 Å². The number of carbonyl (C=O) groups is 5. The third kappa shape index (κ3) is 10.9. The maximum Gasteiger partial charge on any atom is 0.326 e. The maximum absolute atomic E-state index is 13.3. The van der Waals surface area contributed by atoms with Crippen LogP contribution in [0.4, 0.5) is 0 Å². The van der Waals surface area contributed by atoms with Crippen molar-refractivity contribution < 1.29 is 34.2 Å². The van der Waals surface area contributed by atoms with E-state index in [4.69, 9.17) is 10.8 Å². The molecule has 0 heterocycles. The van der Waals surface area contributed by atoms with Gasteiger partial charge in [0.05, 0.1) is 12.5 Å². The number of nitrogens with two attached hydrogens (primary N) is 1. The third-order valence-corrected chi connectivity index (χ3v) is 5.88. The van der Waals surface area contributed by atoms with Crippen LogP contribution in [0.5, 0.6) is 0 Å². The van der Waals surface area contributed by atoms with Gasteiger partial charge in [0.15, 0.2) is 0 Å². The Balaban J connectivity index is 2.24. The highest BCUT2D eigenvalue weighted by atomic mass is 16.4. The van der Waals surface area contributed by atoms with Crippen molar-refractivity contribution in [3.05, 3.63) is 71.8 Å². The number of carboxylic acids is 2. The zero-order valence-electron chi connectivity index (χ0n) is 22.0. The van der Waals surface area contributed by atoms with Gasteiger partial charge in [0.2, 0.25) is 17.7 Å². The van der Waals surface area contributed by atoms with Gasteiger partial charge in [-0.15, -0.1) is 0 Å². The monoisotopic (exact) mass is 540 g/mol. The second-order valence-corrected chi connectivity index (χ2v) is 9.74. The summed E-state index contributed by atoms with van der Waals surface area (Å²) in [5, 5.41) is 26.3. The Morgan fingerprint density at radius 3 is 1.59 bits per heavy atom. The van der Waals surface area contributed by atoms with E-state index in [0.29, 0.717) is 5.56 Å². The number of amides is 3. The van der Waals surface area contributed by atoms with Crippen molar-refractivity contribution >= 4 is 29.7 Å². The van der Waals surface area contributed by atoms with E-state index in [1.807, 2.05) is 13.8 Å². The molecule has 0 spiro atoms. The average molecular weight is 541 g/mol. The van der Waals surface area contributed by atoms with Gasteiger partial charge in [-0.2, -0.15) is 0 Å². The summed E-state index contributed by atoms with van der Waals surface area (Å²) < 4.78 is 0.